The van der Waals surface area contributed by atoms with Crippen molar-refractivity contribution in [2.24, 2.45) is 0 Å². The van der Waals surface area contributed by atoms with Crippen LogP contribution >= 0.6 is 0 Å². The minimum absolute atomic E-state index is 0. The molecule has 0 radical (unpaired) electrons. The molecule has 4 aromatic carbocycles. The number of carbonyl (C=O) groups excluding carboxylic acids is 2. The first-order chi connectivity index (χ1) is 22.7. The van der Waals surface area contributed by atoms with E-state index in [4.69, 9.17) is 0 Å². The fraction of sp³-hybridized carbons (Fsp3) is 0. The van der Waals surface area contributed by atoms with Gasteiger partial charge in [-0.05, 0) is 59.0 Å². The summed E-state index contributed by atoms with van der Waals surface area (Å²) in [4.78, 5) is 34.8. The molecule has 7 aromatic rings. The molecule has 3 aromatic heterocycles. The summed E-state index contributed by atoms with van der Waals surface area (Å²) in [7, 11) is 0. The Hall–Kier alpha value is -5.68. The van der Waals surface area contributed by atoms with Crippen LogP contribution in [0.4, 0.5) is 0 Å². The summed E-state index contributed by atoms with van der Waals surface area (Å²) in [5, 5.41) is 0. The quantitative estimate of drug-likeness (QED) is 0.124. The largest absolute Gasteiger partial charge is 3.00 e. The standard InChI is InChI=1S/C19H12NO2.2C11H8N.Ir/c21-12-14-8-15(13-22)10-18(9-14)16-4-3-5-17(11-16)19-6-1-2-7-20-19;2*1-2-6-10(7-3-1)11-8-4-5-9-12-11;/h1-4,6-13H;2*1-6,8-9H;/q3*-1;+3. The summed E-state index contributed by atoms with van der Waals surface area (Å²) in [6.07, 6.45) is 6.79. The van der Waals surface area contributed by atoms with Crippen molar-refractivity contribution in [3.8, 4) is 44.9 Å². The Morgan fingerprint density at radius 2 is 0.872 bits per heavy atom. The van der Waals surface area contributed by atoms with Gasteiger partial charge in [-0.1, -0.05) is 36.4 Å². The van der Waals surface area contributed by atoms with Crippen molar-refractivity contribution in [1.29, 1.82) is 0 Å². The van der Waals surface area contributed by atoms with Gasteiger partial charge in [0.15, 0.2) is 0 Å². The smallest absolute Gasteiger partial charge is 0.305 e. The van der Waals surface area contributed by atoms with Crippen LogP contribution in [0.5, 0.6) is 0 Å². The Kier molecular flexibility index (Phi) is 13.3. The van der Waals surface area contributed by atoms with Crippen LogP contribution in [0.25, 0.3) is 44.9 Å². The number of hydrogen-bond donors (Lipinski definition) is 0. The summed E-state index contributed by atoms with van der Waals surface area (Å²) < 4.78 is 0. The van der Waals surface area contributed by atoms with Crippen molar-refractivity contribution in [2.75, 3.05) is 0 Å². The van der Waals surface area contributed by atoms with Gasteiger partial charge < -0.3 is 15.0 Å². The average molecular weight is 787 g/mol. The average Bonchev–Trinajstić information content (AvgIpc) is 3.17. The first kappa shape index (κ1) is 34.2. The molecular formula is C41H28IrN3O2. The fourth-order valence-electron chi connectivity index (χ4n) is 4.44. The SMILES string of the molecule is O=Cc1cc(C=O)cc(-c2cc[c-]c(-c3ccccn3)c2)c1.[Ir+3].[c-]1ccccc1-c1ccccn1.[c-]1ccccc1-c1ccccn1. The molecule has 0 aliphatic rings. The van der Waals surface area contributed by atoms with E-state index in [2.05, 4.69) is 33.2 Å². The Bertz CT molecular complexity index is 1780. The fourth-order valence-corrected chi connectivity index (χ4v) is 4.44. The molecule has 6 heteroatoms. The van der Waals surface area contributed by atoms with E-state index in [1.807, 2.05) is 121 Å². The van der Waals surface area contributed by atoms with E-state index in [1.54, 1.807) is 36.8 Å². The Balaban J connectivity index is 0.000000170. The number of hydrogen-bond acceptors (Lipinski definition) is 5. The minimum atomic E-state index is 0. The number of carbonyl (C=O) groups is 2. The van der Waals surface area contributed by atoms with Crippen molar-refractivity contribution in [3.05, 3.63) is 187 Å². The zero-order valence-corrected chi connectivity index (χ0v) is 27.6. The topological polar surface area (TPSA) is 72.8 Å². The summed E-state index contributed by atoms with van der Waals surface area (Å²) in [5.74, 6) is 0. The van der Waals surface area contributed by atoms with Crippen LogP contribution in [0.2, 0.25) is 0 Å². The van der Waals surface area contributed by atoms with Gasteiger partial charge in [-0.15, -0.1) is 107 Å². The van der Waals surface area contributed by atoms with Crippen LogP contribution in [0.1, 0.15) is 20.7 Å². The first-order valence-corrected chi connectivity index (χ1v) is 14.5. The van der Waals surface area contributed by atoms with Gasteiger partial charge in [0, 0.05) is 29.7 Å². The molecule has 5 nitrogen and oxygen atoms in total. The van der Waals surface area contributed by atoms with Crippen molar-refractivity contribution in [1.82, 2.24) is 15.0 Å². The second-order valence-electron chi connectivity index (χ2n) is 9.81. The maximum atomic E-state index is 11.0. The molecule has 228 valence electrons. The zero-order chi connectivity index (χ0) is 31.8. The van der Waals surface area contributed by atoms with E-state index in [0.717, 1.165) is 57.5 Å². The monoisotopic (exact) mass is 787 g/mol. The molecule has 0 bridgehead atoms. The molecule has 0 unspecified atom stereocenters. The first-order valence-electron chi connectivity index (χ1n) is 14.5. The van der Waals surface area contributed by atoms with E-state index in [9.17, 15) is 9.59 Å². The Morgan fingerprint density at radius 1 is 0.426 bits per heavy atom. The molecule has 7 rings (SSSR count). The van der Waals surface area contributed by atoms with Crippen LogP contribution in [-0.2, 0) is 20.1 Å². The van der Waals surface area contributed by atoms with Gasteiger partial charge in [-0.2, -0.15) is 0 Å². The van der Waals surface area contributed by atoms with E-state index in [1.165, 1.54) is 0 Å². The molecule has 0 spiro atoms. The van der Waals surface area contributed by atoms with E-state index in [0.29, 0.717) is 11.1 Å². The number of aldehydes is 2. The summed E-state index contributed by atoms with van der Waals surface area (Å²) in [6.45, 7) is 0. The number of nitrogens with zero attached hydrogens (tertiary/aromatic N) is 3. The van der Waals surface area contributed by atoms with E-state index >= 15 is 0 Å². The number of benzene rings is 4. The summed E-state index contributed by atoms with van der Waals surface area (Å²) in [5.41, 5.74) is 8.39. The minimum Gasteiger partial charge on any atom is -0.305 e. The number of pyridine rings is 3. The Morgan fingerprint density at radius 3 is 1.28 bits per heavy atom. The van der Waals surface area contributed by atoms with Crippen LogP contribution in [0.3, 0.4) is 0 Å². The van der Waals surface area contributed by atoms with Gasteiger partial charge in [-0.3, -0.25) is 9.59 Å². The molecule has 47 heavy (non-hydrogen) atoms. The van der Waals surface area contributed by atoms with Crippen LogP contribution < -0.4 is 0 Å². The zero-order valence-electron chi connectivity index (χ0n) is 25.2. The van der Waals surface area contributed by atoms with E-state index < -0.39 is 0 Å². The molecule has 0 amide bonds. The molecule has 0 aliphatic heterocycles. The van der Waals surface area contributed by atoms with Crippen molar-refractivity contribution in [3.63, 3.8) is 0 Å². The van der Waals surface area contributed by atoms with Crippen LogP contribution in [-0.4, -0.2) is 27.5 Å². The molecular weight excluding hydrogens is 759 g/mol. The van der Waals surface area contributed by atoms with Crippen LogP contribution in [0, 0.1) is 18.2 Å². The summed E-state index contributed by atoms with van der Waals surface area (Å²) >= 11 is 0. The molecule has 0 aliphatic carbocycles. The van der Waals surface area contributed by atoms with Gasteiger partial charge in [0.05, 0.1) is 0 Å². The van der Waals surface area contributed by atoms with E-state index in [-0.39, 0.29) is 20.1 Å². The molecule has 0 atom stereocenters. The second kappa shape index (κ2) is 18.3. The Labute approximate surface area is 288 Å². The third kappa shape index (κ3) is 10.2. The molecule has 0 fully saturated rings. The van der Waals surface area contributed by atoms with Gasteiger partial charge >= 0.3 is 20.1 Å². The second-order valence-corrected chi connectivity index (χ2v) is 9.81. The molecule has 0 saturated heterocycles. The normalized spacial score (nSPS) is 9.70. The third-order valence-electron chi connectivity index (χ3n) is 6.63. The molecule has 0 saturated carbocycles. The molecule has 0 N–H and O–H groups in total. The number of aromatic nitrogens is 3. The predicted octanol–water partition coefficient (Wildman–Crippen LogP) is 8.94. The van der Waals surface area contributed by atoms with Crippen molar-refractivity contribution in [2.45, 2.75) is 0 Å². The molecule has 3 heterocycles. The van der Waals surface area contributed by atoms with Gasteiger partial charge in [0.25, 0.3) is 0 Å². The van der Waals surface area contributed by atoms with Gasteiger partial charge in [-0.25, -0.2) is 0 Å². The van der Waals surface area contributed by atoms with Gasteiger partial charge in [0.2, 0.25) is 0 Å². The third-order valence-corrected chi connectivity index (χ3v) is 6.63. The van der Waals surface area contributed by atoms with Crippen LogP contribution in [0.15, 0.2) is 158 Å². The van der Waals surface area contributed by atoms with Gasteiger partial charge in [0.1, 0.15) is 12.6 Å². The van der Waals surface area contributed by atoms with Crippen molar-refractivity contribution >= 4 is 12.6 Å². The maximum absolute atomic E-state index is 11.0. The summed E-state index contributed by atoms with van der Waals surface area (Å²) in [6, 6.07) is 53.2. The number of rotatable bonds is 6. The maximum Gasteiger partial charge on any atom is 3.00 e. The predicted molar refractivity (Wildman–Crippen MR) is 182 cm³/mol. The van der Waals surface area contributed by atoms with Crippen molar-refractivity contribution < 1.29 is 29.7 Å².